The molecule has 1 fully saturated rings. The molecular formula is C13H15N3O3S2. The molecule has 0 bridgehead atoms. The molecule has 21 heavy (non-hydrogen) atoms. The van der Waals surface area contributed by atoms with Gasteiger partial charge in [0.05, 0.1) is 17.0 Å². The number of hydrogen-bond donors (Lipinski definition) is 0. The number of fused-ring (bicyclic) bond motifs is 1. The van der Waals surface area contributed by atoms with Crippen LogP contribution in [0.4, 0.5) is 0 Å². The predicted molar refractivity (Wildman–Crippen MR) is 81.2 cm³/mol. The van der Waals surface area contributed by atoms with Gasteiger partial charge in [-0.15, -0.1) is 0 Å². The Kier molecular flexibility index (Phi) is 3.66. The number of likely N-dealkylation sites (tertiary alicyclic amines) is 1. The van der Waals surface area contributed by atoms with Gasteiger partial charge in [-0.25, -0.2) is 8.42 Å². The largest absolute Gasteiger partial charge is 0.339 e. The van der Waals surface area contributed by atoms with Gasteiger partial charge >= 0.3 is 0 Å². The zero-order chi connectivity index (χ0) is 15.0. The van der Waals surface area contributed by atoms with Crippen LogP contribution in [0.5, 0.6) is 0 Å². The third-order valence-corrected chi connectivity index (χ3v) is 6.07. The fourth-order valence-electron chi connectivity index (χ4n) is 2.58. The van der Waals surface area contributed by atoms with Gasteiger partial charge in [0, 0.05) is 24.9 Å². The van der Waals surface area contributed by atoms with Crippen LogP contribution in [0.2, 0.25) is 0 Å². The highest BCUT2D eigenvalue weighted by molar-refractivity contribution is 7.91. The molecule has 112 valence electrons. The number of benzene rings is 1. The molecule has 0 atom stereocenters. The van der Waals surface area contributed by atoms with E-state index in [1.807, 2.05) is 0 Å². The van der Waals surface area contributed by atoms with Crippen molar-refractivity contribution >= 4 is 38.5 Å². The number of carbonyl (C=O) groups is 1. The molecule has 0 spiro atoms. The molecule has 2 aromatic rings. The Labute approximate surface area is 127 Å². The topological polar surface area (TPSA) is 80.2 Å². The number of nitrogens with zero attached hydrogens (tertiary/aromatic N) is 3. The molecule has 0 saturated carbocycles. The van der Waals surface area contributed by atoms with Crippen LogP contribution in [0.25, 0.3) is 11.0 Å². The minimum absolute atomic E-state index is 0.0724. The van der Waals surface area contributed by atoms with Crippen LogP contribution in [-0.2, 0) is 9.84 Å². The highest BCUT2D eigenvalue weighted by atomic mass is 32.2. The first-order chi connectivity index (χ1) is 9.95. The van der Waals surface area contributed by atoms with Crippen LogP contribution < -0.4 is 0 Å². The number of rotatable bonds is 2. The van der Waals surface area contributed by atoms with Crippen LogP contribution in [0.3, 0.4) is 0 Å². The summed E-state index contributed by atoms with van der Waals surface area (Å²) in [5.74, 6) is -0.0724. The summed E-state index contributed by atoms with van der Waals surface area (Å²) in [6.07, 6.45) is 2.27. The fraction of sp³-hybridized carbons (Fsp3) is 0.462. The standard InChI is InChI=1S/C13H15N3O3S2/c1-21(18,19)10-4-6-16(7-5-10)13(17)9-2-3-11-12(8-9)15-20-14-11/h2-3,8,10H,4-7H2,1H3. The molecule has 0 aliphatic carbocycles. The van der Waals surface area contributed by atoms with Crippen molar-refractivity contribution in [3.63, 3.8) is 0 Å². The van der Waals surface area contributed by atoms with Gasteiger partial charge in [-0.05, 0) is 31.0 Å². The molecule has 2 heterocycles. The van der Waals surface area contributed by atoms with E-state index in [4.69, 9.17) is 0 Å². The lowest BCUT2D eigenvalue weighted by atomic mass is 10.1. The minimum Gasteiger partial charge on any atom is -0.339 e. The second-order valence-electron chi connectivity index (χ2n) is 5.29. The Bertz CT molecular complexity index is 777. The normalized spacial score (nSPS) is 17.3. The maximum absolute atomic E-state index is 12.5. The molecule has 0 unspecified atom stereocenters. The van der Waals surface area contributed by atoms with E-state index < -0.39 is 9.84 Å². The Morgan fingerprint density at radius 3 is 2.57 bits per heavy atom. The first kappa shape index (κ1) is 14.4. The quantitative estimate of drug-likeness (QED) is 0.832. The molecule has 3 rings (SSSR count). The molecule has 0 radical (unpaired) electrons. The van der Waals surface area contributed by atoms with Crippen LogP contribution in [0, 0.1) is 0 Å². The van der Waals surface area contributed by atoms with Gasteiger partial charge in [0.25, 0.3) is 5.91 Å². The molecule has 1 aliphatic rings. The first-order valence-electron chi connectivity index (χ1n) is 6.65. The van der Waals surface area contributed by atoms with E-state index >= 15 is 0 Å². The van der Waals surface area contributed by atoms with E-state index in [0.717, 1.165) is 22.8 Å². The highest BCUT2D eigenvalue weighted by Crippen LogP contribution is 2.20. The third kappa shape index (κ3) is 2.91. The number of hydrogen-bond acceptors (Lipinski definition) is 6. The van der Waals surface area contributed by atoms with Crippen molar-refractivity contribution in [2.45, 2.75) is 18.1 Å². The summed E-state index contributed by atoms with van der Waals surface area (Å²) >= 11 is 1.12. The van der Waals surface area contributed by atoms with Gasteiger partial charge in [0.1, 0.15) is 20.9 Å². The molecule has 1 amide bonds. The number of piperidine rings is 1. The van der Waals surface area contributed by atoms with Crippen molar-refractivity contribution < 1.29 is 13.2 Å². The molecule has 1 saturated heterocycles. The minimum atomic E-state index is -3.02. The maximum atomic E-state index is 12.5. The molecular weight excluding hydrogens is 310 g/mol. The Balaban J connectivity index is 1.74. The summed E-state index contributed by atoms with van der Waals surface area (Å²) in [4.78, 5) is 14.2. The zero-order valence-electron chi connectivity index (χ0n) is 11.5. The summed E-state index contributed by atoms with van der Waals surface area (Å²) < 4.78 is 31.3. The highest BCUT2D eigenvalue weighted by Gasteiger charge is 2.29. The van der Waals surface area contributed by atoms with Gasteiger partial charge in [-0.3, -0.25) is 4.79 Å². The van der Waals surface area contributed by atoms with Gasteiger partial charge in [-0.1, -0.05) is 0 Å². The lowest BCUT2D eigenvalue weighted by Crippen LogP contribution is -2.42. The van der Waals surface area contributed by atoms with E-state index in [1.165, 1.54) is 6.26 Å². The fourth-order valence-corrected chi connectivity index (χ4v) is 4.17. The second-order valence-corrected chi connectivity index (χ2v) is 8.14. The molecule has 6 nitrogen and oxygen atoms in total. The number of sulfone groups is 1. The van der Waals surface area contributed by atoms with Gasteiger partial charge < -0.3 is 4.90 Å². The average molecular weight is 325 g/mol. The summed E-state index contributed by atoms with van der Waals surface area (Å²) in [6.45, 7) is 0.952. The summed E-state index contributed by atoms with van der Waals surface area (Å²) in [5.41, 5.74) is 2.08. The Hall–Kier alpha value is -1.54. The van der Waals surface area contributed by atoms with Gasteiger partial charge in [-0.2, -0.15) is 8.75 Å². The summed E-state index contributed by atoms with van der Waals surface area (Å²) in [5, 5.41) is -0.327. The van der Waals surface area contributed by atoms with Crippen molar-refractivity contribution in [2.75, 3.05) is 19.3 Å². The second kappa shape index (κ2) is 5.34. The van der Waals surface area contributed by atoms with Gasteiger partial charge in [0.15, 0.2) is 0 Å². The van der Waals surface area contributed by atoms with Crippen LogP contribution in [-0.4, -0.2) is 52.6 Å². The van der Waals surface area contributed by atoms with Crippen molar-refractivity contribution in [3.05, 3.63) is 23.8 Å². The number of aromatic nitrogens is 2. The third-order valence-electron chi connectivity index (χ3n) is 3.84. The lowest BCUT2D eigenvalue weighted by Gasteiger charge is -2.31. The summed E-state index contributed by atoms with van der Waals surface area (Å²) in [7, 11) is -3.02. The Morgan fingerprint density at radius 1 is 1.24 bits per heavy atom. The number of amides is 1. The molecule has 1 aliphatic heterocycles. The van der Waals surface area contributed by atoms with Crippen LogP contribution in [0.1, 0.15) is 23.2 Å². The maximum Gasteiger partial charge on any atom is 0.253 e. The zero-order valence-corrected chi connectivity index (χ0v) is 13.2. The van der Waals surface area contributed by atoms with E-state index in [1.54, 1.807) is 23.1 Å². The van der Waals surface area contributed by atoms with Crippen molar-refractivity contribution in [1.82, 2.24) is 13.6 Å². The lowest BCUT2D eigenvalue weighted by molar-refractivity contribution is 0.0726. The molecule has 1 aromatic carbocycles. The van der Waals surface area contributed by atoms with Crippen molar-refractivity contribution in [1.29, 1.82) is 0 Å². The van der Waals surface area contributed by atoms with Crippen LogP contribution in [0.15, 0.2) is 18.2 Å². The monoisotopic (exact) mass is 325 g/mol. The smallest absolute Gasteiger partial charge is 0.253 e. The van der Waals surface area contributed by atoms with Crippen LogP contribution >= 0.6 is 11.7 Å². The van der Waals surface area contributed by atoms with E-state index in [-0.39, 0.29) is 11.2 Å². The first-order valence-corrected chi connectivity index (χ1v) is 9.34. The van der Waals surface area contributed by atoms with Crippen molar-refractivity contribution in [2.24, 2.45) is 0 Å². The molecule has 1 aromatic heterocycles. The van der Waals surface area contributed by atoms with Gasteiger partial charge in [0.2, 0.25) is 0 Å². The average Bonchev–Trinajstić information content (AvgIpc) is 2.93. The number of carbonyl (C=O) groups excluding carboxylic acids is 1. The summed E-state index contributed by atoms with van der Waals surface area (Å²) in [6, 6.07) is 5.27. The predicted octanol–water partition coefficient (Wildman–Crippen LogP) is 1.34. The Morgan fingerprint density at radius 2 is 1.90 bits per heavy atom. The van der Waals surface area contributed by atoms with E-state index in [9.17, 15) is 13.2 Å². The van der Waals surface area contributed by atoms with E-state index in [2.05, 4.69) is 8.75 Å². The molecule has 8 heteroatoms. The SMILES string of the molecule is CS(=O)(=O)C1CCN(C(=O)c2ccc3nsnc3c2)CC1. The van der Waals surface area contributed by atoms with E-state index in [0.29, 0.717) is 31.5 Å². The van der Waals surface area contributed by atoms with Crippen molar-refractivity contribution in [3.8, 4) is 0 Å². The molecule has 0 N–H and O–H groups in total.